The maximum Gasteiger partial charge on any atom is 0.0546 e. The first-order chi connectivity index (χ1) is 9.65. The zero-order valence-corrected chi connectivity index (χ0v) is 14.2. The first-order valence-electron chi connectivity index (χ1n) is 8.66. The average Bonchev–Trinajstić information content (AvgIpc) is 2.47. The Morgan fingerprint density at radius 2 is 2.10 bits per heavy atom. The SMILES string of the molecule is CCCNCC1(CN(CC)CC(C)CC)CCCOC1. The van der Waals surface area contributed by atoms with Crippen LogP contribution >= 0.6 is 0 Å². The van der Waals surface area contributed by atoms with Gasteiger partial charge in [-0.05, 0) is 38.3 Å². The molecule has 3 nitrogen and oxygen atoms in total. The van der Waals surface area contributed by atoms with E-state index in [1.807, 2.05) is 0 Å². The second-order valence-electron chi connectivity index (χ2n) is 6.67. The summed E-state index contributed by atoms with van der Waals surface area (Å²) in [6, 6.07) is 0. The molecule has 0 saturated carbocycles. The van der Waals surface area contributed by atoms with Crippen LogP contribution in [0.3, 0.4) is 0 Å². The predicted octanol–water partition coefficient (Wildman–Crippen LogP) is 3.15. The van der Waals surface area contributed by atoms with Crippen LogP contribution in [0.2, 0.25) is 0 Å². The summed E-state index contributed by atoms with van der Waals surface area (Å²) in [6.07, 6.45) is 5.00. The normalized spacial score (nSPS) is 25.1. The van der Waals surface area contributed by atoms with Gasteiger partial charge in [0.1, 0.15) is 0 Å². The van der Waals surface area contributed by atoms with Crippen molar-refractivity contribution in [2.45, 2.75) is 53.4 Å². The third-order valence-corrected chi connectivity index (χ3v) is 4.60. The molecule has 0 radical (unpaired) electrons. The van der Waals surface area contributed by atoms with Crippen LogP contribution in [0.4, 0.5) is 0 Å². The van der Waals surface area contributed by atoms with Crippen molar-refractivity contribution in [3.8, 4) is 0 Å². The van der Waals surface area contributed by atoms with Crippen molar-refractivity contribution in [2.24, 2.45) is 11.3 Å². The Hall–Kier alpha value is -0.120. The van der Waals surface area contributed by atoms with Crippen molar-refractivity contribution in [3.63, 3.8) is 0 Å². The number of ether oxygens (including phenoxy) is 1. The van der Waals surface area contributed by atoms with E-state index in [0.717, 1.165) is 38.8 Å². The van der Waals surface area contributed by atoms with E-state index < -0.39 is 0 Å². The van der Waals surface area contributed by atoms with Gasteiger partial charge in [0.2, 0.25) is 0 Å². The summed E-state index contributed by atoms with van der Waals surface area (Å²) in [5.74, 6) is 0.792. The van der Waals surface area contributed by atoms with E-state index in [2.05, 4.69) is 37.9 Å². The van der Waals surface area contributed by atoms with Crippen LogP contribution in [-0.2, 0) is 4.74 Å². The van der Waals surface area contributed by atoms with Gasteiger partial charge in [-0.25, -0.2) is 0 Å². The van der Waals surface area contributed by atoms with Crippen molar-refractivity contribution < 1.29 is 4.74 Å². The number of hydrogen-bond acceptors (Lipinski definition) is 3. The minimum atomic E-state index is 0.330. The Kier molecular flexibility index (Phi) is 8.74. The van der Waals surface area contributed by atoms with Crippen LogP contribution in [0.5, 0.6) is 0 Å². The summed E-state index contributed by atoms with van der Waals surface area (Å²) >= 11 is 0. The lowest BCUT2D eigenvalue weighted by Gasteiger charge is -2.41. The quantitative estimate of drug-likeness (QED) is 0.624. The molecule has 120 valence electrons. The van der Waals surface area contributed by atoms with E-state index in [1.165, 1.54) is 38.8 Å². The number of nitrogens with one attached hydrogen (secondary N) is 1. The fraction of sp³-hybridized carbons (Fsp3) is 1.00. The summed E-state index contributed by atoms with van der Waals surface area (Å²) in [4.78, 5) is 2.64. The molecule has 2 atom stereocenters. The molecule has 3 heteroatoms. The lowest BCUT2D eigenvalue weighted by atomic mass is 9.81. The highest BCUT2D eigenvalue weighted by molar-refractivity contribution is 4.87. The molecule has 0 aromatic rings. The maximum atomic E-state index is 5.83. The van der Waals surface area contributed by atoms with Crippen molar-refractivity contribution in [1.82, 2.24) is 10.2 Å². The molecule has 0 spiro atoms. The van der Waals surface area contributed by atoms with Crippen LogP contribution in [0.1, 0.15) is 53.4 Å². The van der Waals surface area contributed by atoms with Crippen molar-refractivity contribution >= 4 is 0 Å². The molecule has 1 aliphatic rings. The van der Waals surface area contributed by atoms with E-state index in [4.69, 9.17) is 4.74 Å². The third-order valence-electron chi connectivity index (χ3n) is 4.60. The predicted molar refractivity (Wildman–Crippen MR) is 87.2 cm³/mol. The zero-order chi connectivity index (χ0) is 14.8. The van der Waals surface area contributed by atoms with Crippen LogP contribution in [-0.4, -0.2) is 50.8 Å². The van der Waals surface area contributed by atoms with Gasteiger partial charge in [-0.3, -0.25) is 0 Å². The second-order valence-corrected chi connectivity index (χ2v) is 6.67. The Balaban J connectivity index is 2.56. The number of rotatable bonds is 10. The highest BCUT2D eigenvalue weighted by Gasteiger charge is 2.34. The van der Waals surface area contributed by atoms with Crippen LogP contribution < -0.4 is 5.32 Å². The molecule has 1 rings (SSSR count). The minimum Gasteiger partial charge on any atom is -0.381 e. The first kappa shape index (κ1) is 17.9. The summed E-state index contributed by atoms with van der Waals surface area (Å²) in [5, 5.41) is 3.64. The number of hydrogen-bond donors (Lipinski definition) is 1. The van der Waals surface area contributed by atoms with Crippen LogP contribution in [0.25, 0.3) is 0 Å². The Bertz CT molecular complexity index is 239. The van der Waals surface area contributed by atoms with Crippen molar-refractivity contribution in [2.75, 3.05) is 45.9 Å². The molecule has 0 amide bonds. The smallest absolute Gasteiger partial charge is 0.0546 e. The summed E-state index contributed by atoms with van der Waals surface area (Å²) in [7, 11) is 0. The molecule has 0 bridgehead atoms. The van der Waals surface area contributed by atoms with E-state index in [0.29, 0.717) is 5.41 Å². The molecule has 20 heavy (non-hydrogen) atoms. The van der Waals surface area contributed by atoms with E-state index >= 15 is 0 Å². The van der Waals surface area contributed by atoms with Gasteiger partial charge in [0.15, 0.2) is 0 Å². The van der Waals surface area contributed by atoms with Gasteiger partial charge in [-0.1, -0.05) is 34.1 Å². The van der Waals surface area contributed by atoms with Gasteiger partial charge >= 0.3 is 0 Å². The molecular weight excluding hydrogens is 248 g/mol. The molecule has 2 unspecified atom stereocenters. The fourth-order valence-electron chi connectivity index (χ4n) is 3.11. The molecule has 0 aromatic heterocycles. The zero-order valence-electron chi connectivity index (χ0n) is 14.2. The molecule has 1 fully saturated rings. The lowest BCUT2D eigenvalue weighted by molar-refractivity contribution is -0.0272. The lowest BCUT2D eigenvalue weighted by Crippen LogP contribution is -2.49. The second kappa shape index (κ2) is 9.75. The Labute approximate surface area is 126 Å². The van der Waals surface area contributed by atoms with Gasteiger partial charge in [0.25, 0.3) is 0 Å². The fourth-order valence-corrected chi connectivity index (χ4v) is 3.11. The van der Waals surface area contributed by atoms with Crippen molar-refractivity contribution in [1.29, 1.82) is 0 Å². The molecule has 1 saturated heterocycles. The Morgan fingerprint density at radius 1 is 1.30 bits per heavy atom. The monoisotopic (exact) mass is 284 g/mol. The Morgan fingerprint density at radius 3 is 2.65 bits per heavy atom. The van der Waals surface area contributed by atoms with Gasteiger partial charge in [-0.15, -0.1) is 0 Å². The highest BCUT2D eigenvalue weighted by Crippen LogP contribution is 2.29. The van der Waals surface area contributed by atoms with Crippen molar-refractivity contribution in [3.05, 3.63) is 0 Å². The van der Waals surface area contributed by atoms with Gasteiger partial charge < -0.3 is 15.0 Å². The van der Waals surface area contributed by atoms with Crippen LogP contribution in [0.15, 0.2) is 0 Å². The summed E-state index contributed by atoms with van der Waals surface area (Å²) in [5.41, 5.74) is 0.330. The van der Waals surface area contributed by atoms with E-state index in [1.54, 1.807) is 0 Å². The standard InChI is InChI=1S/C17H36N2O/c1-5-10-18-13-17(9-8-11-20-15-17)14-19(7-3)12-16(4)6-2/h16,18H,5-15H2,1-4H3. The molecular formula is C17H36N2O. The summed E-state index contributed by atoms with van der Waals surface area (Å²) < 4.78 is 5.83. The molecule has 0 aliphatic carbocycles. The number of nitrogens with zero attached hydrogens (tertiary/aromatic N) is 1. The van der Waals surface area contributed by atoms with Crippen LogP contribution in [0, 0.1) is 11.3 Å². The minimum absolute atomic E-state index is 0.330. The largest absolute Gasteiger partial charge is 0.381 e. The molecule has 1 aliphatic heterocycles. The summed E-state index contributed by atoms with van der Waals surface area (Å²) in [6.45, 7) is 16.9. The van der Waals surface area contributed by atoms with E-state index in [-0.39, 0.29) is 0 Å². The van der Waals surface area contributed by atoms with Gasteiger partial charge in [0.05, 0.1) is 6.61 Å². The van der Waals surface area contributed by atoms with Gasteiger partial charge in [-0.2, -0.15) is 0 Å². The maximum absolute atomic E-state index is 5.83. The topological polar surface area (TPSA) is 24.5 Å². The molecule has 0 aromatic carbocycles. The van der Waals surface area contributed by atoms with E-state index in [9.17, 15) is 0 Å². The molecule has 1 heterocycles. The molecule has 1 N–H and O–H groups in total. The highest BCUT2D eigenvalue weighted by atomic mass is 16.5. The first-order valence-corrected chi connectivity index (χ1v) is 8.66. The average molecular weight is 284 g/mol. The third kappa shape index (κ3) is 6.11. The van der Waals surface area contributed by atoms with Gasteiger partial charge in [0, 0.05) is 31.7 Å².